The van der Waals surface area contributed by atoms with Crippen LogP contribution in [0.4, 0.5) is 10.1 Å². The molecule has 1 saturated heterocycles. The Morgan fingerprint density at radius 3 is 3.00 bits per heavy atom. The van der Waals surface area contributed by atoms with Crippen molar-refractivity contribution in [1.82, 2.24) is 0 Å². The van der Waals surface area contributed by atoms with E-state index in [0.717, 1.165) is 24.9 Å². The molecule has 2 atom stereocenters. The van der Waals surface area contributed by atoms with Gasteiger partial charge < -0.3 is 10.6 Å². The van der Waals surface area contributed by atoms with Gasteiger partial charge in [0.05, 0.1) is 6.17 Å². The van der Waals surface area contributed by atoms with Gasteiger partial charge in [0.1, 0.15) is 5.82 Å². The Morgan fingerprint density at radius 1 is 1.25 bits per heavy atom. The lowest BCUT2D eigenvalue weighted by molar-refractivity contribution is 0.360. The lowest BCUT2D eigenvalue weighted by atomic mass is 9.88. The molecule has 1 aromatic rings. The highest BCUT2D eigenvalue weighted by Crippen LogP contribution is 2.37. The minimum absolute atomic E-state index is 0.0691. The summed E-state index contributed by atoms with van der Waals surface area (Å²) in [6, 6.07) is 5.63. The van der Waals surface area contributed by atoms with Crippen LogP contribution in [0.5, 0.6) is 0 Å². The van der Waals surface area contributed by atoms with Gasteiger partial charge in [-0.05, 0) is 49.8 Å². The molecule has 0 bridgehead atoms. The normalized spacial score (nSPS) is 28.5. The highest BCUT2D eigenvalue weighted by molar-refractivity contribution is 5.57. The van der Waals surface area contributed by atoms with Crippen molar-refractivity contribution in [1.29, 1.82) is 0 Å². The summed E-state index contributed by atoms with van der Waals surface area (Å²) in [6.07, 6.45) is 5.71. The smallest absolute Gasteiger partial charge is 0.125 e. The Bertz CT molecular complexity index is 405. The second kappa shape index (κ2) is 3.74. The van der Waals surface area contributed by atoms with E-state index in [0.29, 0.717) is 6.04 Å². The van der Waals surface area contributed by atoms with Crippen molar-refractivity contribution in [2.24, 2.45) is 5.73 Å². The van der Waals surface area contributed by atoms with Gasteiger partial charge in [-0.1, -0.05) is 6.07 Å². The number of nitrogens with zero attached hydrogens (tertiary/aromatic N) is 1. The predicted octanol–water partition coefficient (Wildman–Crippen LogP) is 2.42. The highest BCUT2D eigenvalue weighted by atomic mass is 19.1. The van der Waals surface area contributed by atoms with E-state index in [1.165, 1.54) is 18.4 Å². The SMILES string of the molecule is NC1CCCC2CCc3ccc(F)cc3N12. The number of aryl methyl sites for hydroxylation is 1. The minimum atomic E-state index is -0.155. The first-order valence-electron chi connectivity index (χ1n) is 6.08. The van der Waals surface area contributed by atoms with Crippen LogP contribution in [0.15, 0.2) is 18.2 Å². The molecule has 1 aromatic carbocycles. The van der Waals surface area contributed by atoms with E-state index in [1.807, 2.05) is 6.07 Å². The standard InChI is InChI=1S/C13H17FN2/c14-10-6-4-9-5-7-11-2-1-3-13(15)16(11)12(9)8-10/h4,6,8,11,13H,1-3,5,7,15H2. The molecular formula is C13H17FN2. The summed E-state index contributed by atoms with van der Waals surface area (Å²) in [7, 11) is 0. The maximum absolute atomic E-state index is 13.3. The summed E-state index contributed by atoms with van der Waals surface area (Å²) in [5, 5.41) is 0. The van der Waals surface area contributed by atoms with Crippen LogP contribution in [0, 0.1) is 5.82 Å². The molecule has 16 heavy (non-hydrogen) atoms. The average Bonchev–Trinajstić information content (AvgIpc) is 2.28. The molecule has 0 radical (unpaired) electrons. The summed E-state index contributed by atoms with van der Waals surface area (Å²) >= 11 is 0. The molecule has 2 nitrogen and oxygen atoms in total. The minimum Gasteiger partial charge on any atom is -0.353 e. The van der Waals surface area contributed by atoms with Crippen LogP contribution in [-0.4, -0.2) is 12.2 Å². The lowest BCUT2D eigenvalue weighted by Crippen LogP contribution is -2.53. The van der Waals surface area contributed by atoms with Gasteiger partial charge in [0, 0.05) is 11.7 Å². The molecule has 0 saturated carbocycles. The van der Waals surface area contributed by atoms with Gasteiger partial charge in [-0.15, -0.1) is 0 Å². The second-order valence-electron chi connectivity index (χ2n) is 4.87. The van der Waals surface area contributed by atoms with E-state index in [-0.39, 0.29) is 12.0 Å². The van der Waals surface area contributed by atoms with Gasteiger partial charge >= 0.3 is 0 Å². The summed E-state index contributed by atoms with van der Waals surface area (Å²) in [4.78, 5) is 2.24. The number of anilines is 1. The Balaban J connectivity index is 2.04. The zero-order valence-electron chi connectivity index (χ0n) is 9.32. The number of benzene rings is 1. The number of halogens is 1. The van der Waals surface area contributed by atoms with E-state index in [2.05, 4.69) is 4.90 Å². The zero-order chi connectivity index (χ0) is 11.1. The van der Waals surface area contributed by atoms with Gasteiger partial charge in [0.15, 0.2) is 0 Å². The molecule has 2 aliphatic rings. The molecule has 2 aliphatic heterocycles. The monoisotopic (exact) mass is 220 g/mol. The first-order valence-corrected chi connectivity index (χ1v) is 6.08. The maximum Gasteiger partial charge on any atom is 0.125 e. The summed E-state index contributed by atoms with van der Waals surface area (Å²) in [5.74, 6) is -0.155. The Morgan fingerprint density at radius 2 is 2.12 bits per heavy atom. The summed E-state index contributed by atoms with van der Waals surface area (Å²) in [5.41, 5.74) is 8.43. The number of fused-ring (bicyclic) bond motifs is 3. The van der Waals surface area contributed by atoms with Crippen molar-refractivity contribution in [3.8, 4) is 0 Å². The van der Waals surface area contributed by atoms with Crippen LogP contribution < -0.4 is 10.6 Å². The van der Waals surface area contributed by atoms with E-state index < -0.39 is 0 Å². The third kappa shape index (κ3) is 1.50. The highest BCUT2D eigenvalue weighted by Gasteiger charge is 2.32. The molecule has 2 heterocycles. The predicted molar refractivity (Wildman–Crippen MR) is 62.8 cm³/mol. The van der Waals surface area contributed by atoms with E-state index in [1.54, 1.807) is 12.1 Å². The Hall–Kier alpha value is -1.09. The van der Waals surface area contributed by atoms with Gasteiger partial charge in [-0.2, -0.15) is 0 Å². The molecule has 0 aromatic heterocycles. The fraction of sp³-hybridized carbons (Fsp3) is 0.538. The molecule has 2 unspecified atom stereocenters. The fourth-order valence-corrected chi connectivity index (χ4v) is 3.08. The molecule has 0 spiro atoms. The van der Waals surface area contributed by atoms with Crippen molar-refractivity contribution >= 4 is 5.69 Å². The van der Waals surface area contributed by atoms with Crippen LogP contribution in [0.2, 0.25) is 0 Å². The van der Waals surface area contributed by atoms with Gasteiger partial charge in [0.25, 0.3) is 0 Å². The maximum atomic E-state index is 13.3. The first-order chi connectivity index (χ1) is 7.75. The Labute approximate surface area is 95.2 Å². The van der Waals surface area contributed by atoms with Crippen molar-refractivity contribution in [3.05, 3.63) is 29.6 Å². The fourth-order valence-electron chi connectivity index (χ4n) is 3.08. The molecular weight excluding hydrogens is 203 g/mol. The van der Waals surface area contributed by atoms with Crippen molar-refractivity contribution in [2.75, 3.05) is 4.90 Å². The second-order valence-corrected chi connectivity index (χ2v) is 4.87. The van der Waals surface area contributed by atoms with E-state index in [4.69, 9.17) is 5.73 Å². The van der Waals surface area contributed by atoms with Crippen molar-refractivity contribution < 1.29 is 4.39 Å². The van der Waals surface area contributed by atoms with Crippen molar-refractivity contribution in [3.63, 3.8) is 0 Å². The molecule has 3 heteroatoms. The number of hydrogen-bond acceptors (Lipinski definition) is 2. The average molecular weight is 220 g/mol. The number of hydrogen-bond donors (Lipinski definition) is 1. The summed E-state index contributed by atoms with van der Waals surface area (Å²) in [6.45, 7) is 0. The van der Waals surface area contributed by atoms with Crippen LogP contribution in [0.25, 0.3) is 0 Å². The molecule has 0 amide bonds. The quantitative estimate of drug-likeness (QED) is 0.727. The largest absolute Gasteiger partial charge is 0.353 e. The number of rotatable bonds is 0. The molecule has 0 aliphatic carbocycles. The number of piperidine rings is 1. The van der Waals surface area contributed by atoms with Gasteiger partial charge in [-0.3, -0.25) is 0 Å². The van der Waals surface area contributed by atoms with Crippen LogP contribution in [0.1, 0.15) is 31.2 Å². The van der Waals surface area contributed by atoms with Crippen LogP contribution in [-0.2, 0) is 6.42 Å². The molecule has 3 rings (SSSR count). The van der Waals surface area contributed by atoms with Crippen molar-refractivity contribution in [2.45, 2.75) is 44.3 Å². The first kappa shape index (κ1) is 10.1. The molecule has 1 fully saturated rings. The van der Waals surface area contributed by atoms with Gasteiger partial charge in [0.2, 0.25) is 0 Å². The third-order valence-electron chi connectivity index (χ3n) is 3.86. The van der Waals surface area contributed by atoms with E-state index >= 15 is 0 Å². The summed E-state index contributed by atoms with van der Waals surface area (Å²) < 4.78 is 13.3. The molecule has 2 N–H and O–H groups in total. The Kier molecular flexibility index (Phi) is 2.36. The molecule has 86 valence electrons. The van der Waals surface area contributed by atoms with Crippen LogP contribution in [0.3, 0.4) is 0 Å². The van der Waals surface area contributed by atoms with Crippen LogP contribution >= 0.6 is 0 Å². The topological polar surface area (TPSA) is 29.3 Å². The van der Waals surface area contributed by atoms with Gasteiger partial charge in [-0.25, -0.2) is 4.39 Å². The van der Waals surface area contributed by atoms with E-state index in [9.17, 15) is 4.39 Å². The number of nitrogens with two attached hydrogens (primary N) is 1. The third-order valence-corrected chi connectivity index (χ3v) is 3.86. The zero-order valence-corrected chi connectivity index (χ0v) is 9.32. The lowest BCUT2D eigenvalue weighted by Gasteiger charge is -2.46.